The van der Waals surface area contributed by atoms with Crippen LogP contribution in [0.3, 0.4) is 0 Å². The standard InChI is InChI=1S/C25H31FN4O2/c1-17-9-19(11-22(26)10-17)12-23(31)30-7-4-25(5-8-30)13-21(25)16-29-24(32)28-15-20-3-6-27-14-18(20)2/h3,6,9-11,14,21H,4-5,7-8,12-13,15-16H2,1-2H3,(H2,28,29,32). The first-order valence-electron chi connectivity index (χ1n) is 11.3. The van der Waals surface area contributed by atoms with Crippen LogP contribution in [-0.2, 0) is 17.8 Å². The van der Waals surface area contributed by atoms with Crippen molar-refractivity contribution >= 4 is 11.9 Å². The smallest absolute Gasteiger partial charge is 0.315 e. The lowest BCUT2D eigenvalue weighted by Crippen LogP contribution is -2.41. The van der Waals surface area contributed by atoms with Crippen molar-refractivity contribution in [2.45, 2.75) is 46.1 Å². The molecule has 32 heavy (non-hydrogen) atoms. The highest BCUT2D eigenvalue weighted by molar-refractivity contribution is 5.79. The van der Waals surface area contributed by atoms with E-state index >= 15 is 0 Å². The van der Waals surface area contributed by atoms with Crippen LogP contribution in [0.25, 0.3) is 0 Å². The molecule has 1 aliphatic heterocycles. The Morgan fingerprint density at radius 2 is 1.97 bits per heavy atom. The van der Waals surface area contributed by atoms with Crippen molar-refractivity contribution in [3.8, 4) is 0 Å². The van der Waals surface area contributed by atoms with Crippen LogP contribution in [0.15, 0.2) is 36.7 Å². The molecule has 0 radical (unpaired) electrons. The Morgan fingerprint density at radius 3 is 2.69 bits per heavy atom. The third kappa shape index (κ3) is 5.26. The first-order chi connectivity index (χ1) is 15.3. The average Bonchev–Trinajstić information content (AvgIpc) is 3.42. The summed E-state index contributed by atoms with van der Waals surface area (Å²) in [5.74, 6) is 0.239. The number of nitrogens with zero attached hydrogens (tertiary/aromatic N) is 2. The lowest BCUT2D eigenvalue weighted by Gasteiger charge is -2.33. The van der Waals surface area contributed by atoms with E-state index in [1.54, 1.807) is 12.4 Å². The van der Waals surface area contributed by atoms with Gasteiger partial charge in [-0.25, -0.2) is 9.18 Å². The molecule has 2 N–H and O–H groups in total. The van der Waals surface area contributed by atoms with Crippen LogP contribution in [0.2, 0.25) is 0 Å². The Kier molecular flexibility index (Phi) is 6.44. The van der Waals surface area contributed by atoms with Gasteiger partial charge in [0.25, 0.3) is 0 Å². The summed E-state index contributed by atoms with van der Waals surface area (Å²) in [5, 5.41) is 5.91. The highest BCUT2D eigenvalue weighted by Crippen LogP contribution is 2.59. The number of piperidine rings is 1. The first-order valence-corrected chi connectivity index (χ1v) is 11.3. The third-order valence-corrected chi connectivity index (χ3v) is 7.01. The van der Waals surface area contributed by atoms with Crippen molar-refractivity contribution in [1.82, 2.24) is 20.5 Å². The van der Waals surface area contributed by atoms with Crippen LogP contribution in [0.4, 0.5) is 9.18 Å². The molecular formula is C25H31FN4O2. The van der Waals surface area contributed by atoms with Gasteiger partial charge < -0.3 is 15.5 Å². The second kappa shape index (κ2) is 9.27. The highest BCUT2D eigenvalue weighted by Gasteiger charge is 2.54. The average molecular weight is 439 g/mol. The minimum absolute atomic E-state index is 0.0611. The summed E-state index contributed by atoms with van der Waals surface area (Å²) in [5.41, 5.74) is 3.93. The summed E-state index contributed by atoms with van der Waals surface area (Å²) in [7, 11) is 0. The Balaban J connectivity index is 1.18. The van der Waals surface area contributed by atoms with E-state index in [4.69, 9.17) is 0 Å². The van der Waals surface area contributed by atoms with Crippen LogP contribution in [-0.4, -0.2) is 41.5 Å². The zero-order valence-electron chi connectivity index (χ0n) is 18.8. The number of aromatic nitrogens is 1. The molecule has 1 aliphatic carbocycles. The van der Waals surface area contributed by atoms with Gasteiger partial charge in [-0.1, -0.05) is 6.07 Å². The molecule has 6 nitrogen and oxygen atoms in total. The highest BCUT2D eigenvalue weighted by atomic mass is 19.1. The van der Waals surface area contributed by atoms with Gasteiger partial charge in [-0.15, -0.1) is 0 Å². The number of likely N-dealkylation sites (tertiary alicyclic amines) is 1. The van der Waals surface area contributed by atoms with Crippen LogP contribution in [0, 0.1) is 31.0 Å². The number of amides is 3. The van der Waals surface area contributed by atoms with Gasteiger partial charge in [0.1, 0.15) is 5.82 Å². The summed E-state index contributed by atoms with van der Waals surface area (Å²) in [6.07, 6.45) is 6.79. The van der Waals surface area contributed by atoms with Gasteiger partial charge in [-0.3, -0.25) is 9.78 Å². The predicted octanol–water partition coefficient (Wildman–Crippen LogP) is 3.51. The summed E-state index contributed by atoms with van der Waals surface area (Å²) >= 11 is 0. The largest absolute Gasteiger partial charge is 0.342 e. The number of hydrogen-bond acceptors (Lipinski definition) is 3. The molecule has 0 bridgehead atoms. The minimum Gasteiger partial charge on any atom is -0.342 e. The topological polar surface area (TPSA) is 74.3 Å². The molecule has 170 valence electrons. The summed E-state index contributed by atoms with van der Waals surface area (Å²) in [6.45, 7) is 6.43. The second-order valence-electron chi connectivity index (χ2n) is 9.32. The Morgan fingerprint density at radius 1 is 1.19 bits per heavy atom. The van der Waals surface area contributed by atoms with Crippen molar-refractivity contribution < 1.29 is 14.0 Å². The molecule has 2 heterocycles. The van der Waals surface area contributed by atoms with E-state index in [0.717, 1.165) is 54.6 Å². The SMILES string of the molecule is Cc1cc(F)cc(CC(=O)N2CCC3(CC2)CC3CNC(=O)NCc2ccncc2C)c1. The van der Waals surface area contributed by atoms with E-state index in [2.05, 4.69) is 15.6 Å². The summed E-state index contributed by atoms with van der Waals surface area (Å²) in [6, 6.07) is 6.55. The maximum Gasteiger partial charge on any atom is 0.315 e. The van der Waals surface area contributed by atoms with E-state index in [-0.39, 0.29) is 29.6 Å². The summed E-state index contributed by atoms with van der Waals surface area (Å²) in [4.78, 5) is 30.8. The Labute approximate surface area is 188 Å². The van der Waals surface area contributed by atoms with Crippen molar-refractivity contribution in [3.05, 3.63) is 64.7 Å². The zero-order valence-corrected chi connectivity index (χ0v) is 18.8. The Bertz CT molecular complexity index is 981. The van der Waals surface area contributed by atoms with Crippen molar-refractivity contribution in [2.75, 3.05) is 19.6 Å². The first kappa shape index (κ1) is 22.2. The number of hydrogen-bond donors (Lipinski definition) is 2. The normalized spacial score (nSPS) is 19.0. The minimum atomic E-state index is -0.293. The van der Waals surface area contributed by atoms with Crippen molar-refractivity contribution in [1.29, 1.82) is 0 Å². The molecule has 1 spiro atoms. The number of rotatable bonds is 6. The van der Waals surface area contributed by atoms with Gasteiger partial charge in [0.2, 0.25) is 5.91 Å². The molecule has 1 saturated carbocycles. The molecule has 2 fully saturated rings. The Hall–Kier alpha value is -2.96. The van der Waals surface area contributed by atoms with Crippen molar-refractivity contribution in [3.63, 3.8) is 0 Å². The van der Waals surface area contributed by atoms with Crippen LogP contribution < -0.4 is 10.6 Å². The van der Waals surface area contributed by atoms with Crippen LogP contribution >= 0.6 is 0 Å². The van der Waals surface area contributed by atoms with E-state index in [9.17, 15) is 14.0 Å². The van der Waals surface area contributed by atoms with E-state index in [1.807, 2.05) is 30.9 Å². The van der Waals surface area contributed by atoms with Gasteiger partial charge >= 0.3 is 6.03 Å². The fourth-order valence-corrected chi connectivity index (χ4v) is 4.89. The molecular weight excluding hydrogens is 407 g/mol. The number of carbonyl (C=O) groups excluding carboxylic acids is 2. The maximum absolute atomic E-state index is 13.6. The maximum atomic E-state index is 13.6. The van der Waals surface area contributed by atoms with E-state index < -0.39 is 0 Å². The number of halogens is 1. The van der Waals surface area contributed by atoms with Crippen LogP contribution in [0.1, 0.15) is 41.5 Å². The zero-order chi connectivity index (χ0) is 22.7. The monoisotopic (exact) mass is 438 g/mol. The molecule has 1 atom stereocenters. The van der Waals surface area contributed by atoms with Gasteiger partial charge in [0, 0.05) is 38.6 Å². The van der Waals surface area contributed by atoms with Gasteiger partial charge in [-0.2, -0.15) is 0 Å². The number of carbonyl (C=O) groups is 2. The van der Waals surface area contributed by atoms with Crippen molar-refractivity contribution in [2.24, 2.45) is 11.3 Å². The van der Waals surface area contributed by atoms with Crippen LogP contribution in [0.5, 0.6) is 0 Å². The fraction of sp³-hybridized carbons (Fsp3) is 0.480. The third-order valence-electron chi connectivity index (χ3n) is 7.01. The molecule has 4 rings (SSSR count). The molecule has 7 heteroatoms. The molecule has 2 aromatic rings. The number of urea groups is 1. The molecule has 1 aromatic carbocycles. The number of pyridine rings is 1. The number of benzene rings is 1. The fourth-order valence-electron chi connectivity index (χ4n) is 4.89. The summed E-state index contributed by atoms with van der Waals surface area (Å²) < 4.78 is 13.6. The molecule has 2 aliphatic rings. The quantitative estimate of drug-likeness (QED) is 0.725. The molecule has 1 unspecified atom stereocenters. The van der Waals surface area contributed by atoms with Gasteiger partial charge in [-0.05, 0) is 84.9 Å². The lowest BCUT2D eigenvalue weighted by atomic mass is 9.90. The van der Waals surface area contributed by atoms with E-state index in [0.29, 0.717) is 19.0 Å². The van der Waals surface area contributed by atoms with Gasteiger partial charge in [0.05, 0.1) is 6.42 Å². The molecule has 1 saturated heterocycles. The molecule has 3 amide bonds. The lowest BCUT2D eigenvalue weighted by molar-refractivity contribution is -0.132. The predicted molar refractivity (Wildman–Crippen MR) is 120 cm³/mol. The second-order valence-corrected chi connectivity index (χ2v) is 9.32. The molecule has 1 aromatic heterocycles. The number of nitrogens with one attached hydrogen (secondary N) is 2. The number of aryl methyl sites for hydroxylation is 2. The van der Waals surface area contributed by atoms with E-state index in [1.165, 1.54) is 12.1 Å². The van der Waals surface area contributed by atoms with Gasteiger partial charge in [0.15, 0.2) is 0 Å².